The summed E-state index contributed by atoms with van der Waals surface area (Å²) in [6.07, 6.45) is 3.68. The molecule has 0 aromatic heterocycles. The van der Waals surface area contributed by atoms with Gasteiger partial charge in [-0.15, -0.1) is 0 Å². The summed E-state index contributed by atoms with van der Waals surface area (Å²) in [6.45, 7) is 5.46. The summed E-state index contributed by atoms with van der Waals surface area (Å²) in [5, 5.41) is 3.08. The number of nitrogens with two attached hydrogens (primary N) is 1. The lowest BCUT2D eigenvalue weighted by atomic mass is 10.00. The fourth-order valence-electron chi connectivity index (χ4n) is 1.07. The zero-order valence-electron chi connectivity index (χ0n) is 8.06. The molecule has 0 bridgehead atoms. The van der Waals surface area contributed by atoms with Crippen LogP contribution in [0.1, 0.15) is 33.1 Å². The van der Waals surface area contributed by atoms with E-state index in [-0.39, 0.29) is 0 Å². The predicted molar refractivity (Wildman–Crippen MR) is 50.6 cm³/mol. The third-order valence-corrected chi connectivity index (χ3v) is 2.19. The minimum absolute atomic E-state index is 0.342. The van der Waals surface area contributed by atoms with E-state index in [4.69, 9.17) is 5.73 Å². The molecule has 0 saturated carbocycles. The molecule has 0 aliphatic rings. The molecule has 11 heavy (non-hydrogen) atoms. The van der Waals surface area contributed by atoms with E-state index in [0.717, 1.165) is 18.9 Å². The van der Waals surface area contributed by atoms with Crippen molar-refractivity contribution in [2.24, 2.45) is 11.7 Å². The van der Waals surface area contributed by atoms with Crippen molar-refractivity contribution in [3.63, 3.8) is 0 Å². The van der Waals surface area contributed by atoms with Crippen LogP contribution in [0.3, 0.4) is 0 Å². The van der Waals surface area contributed by atoms with Crippen molar-refractivity contribution in [3.05, 3.63) is 0 Å². The Bertz CT molecular complexity index is 83.6. The monoisotopic (exact) mass is 158 g/mol. The van der Waals surface area contributed by atoms with Crippen LogP contribution < -0.4 is 11.1 Å². The SMILES string of the molecule is CCC(C)CCC(N)CNC. The Hall–Kier alpha value is -0.0800. The first-order chi connectivity index (χ1) is 5.20. The second-order valence-electron chi connectivity index (χ2n) is 3.41. The maximum absolute atomic E-state index is 5.82. The van der Waals surface area contributed by atoms with Gasteiger partial charge >= 0.3 is 0 Å². The molecule has 2 unspecified atom stereocenters. The molecule has 2 heteroatoms. The molecule has 0 heterocycles. The van der Waals surface area contributed by atoms with Gasteiger partial charge in [0, 0.05) is 12.6 Å². The second kappa shape index (κ2) is 6.62. The van der Waals surface area contributed by atoms with Gasteiger partial charge in [0.15, 0.2) is 0 Å². The van der Waals surface area contributed by atoms with Crippen molar-refractivity contribution >= 4 is 0 Å². The number of rotatable bonds is 6. The first-order valence-electron chi connectivity index (χ1n) is 4.60. The highest BCUT2D eigenvalue weighted by molar-refractivity contribution is 4.64. The van der Waals surface area contributed by atoms with Crippen LogP contribution in [0.15, 0.2) is 0 Å². The summed E-state index contributed by atoms with van der Waals surface area (Å²) in [5.41, 5.74) is 5.82. The minimum atomic E-state index is 0.342. The summed E-state index contributed by atoms with van der Waals surface area (Å²) in [5.74, 6) is 0.831. The van der Waals surface area contributed by atoms with Gasteiger partial charge in [-0.05, 0) is 25.8 Å². The number of hydrogen-bond donors (Lipinski definition) is 2. The molecule has 0 rings (SSSR count). The van der Waals surface area contributed by atoms with E-state index >= 15 is 0 Å². The van der Waals surface area contributed by atoms with E-state index in [1.54, 1.807) is 0 Å². The van der Waals surface area contributed by atoms with E-state index in [2.05, 4.69) is 19.2 Å². The normalized spacial score (nSPS) is 16.4. The van der Waals surface area contributed by atoms with Crippen LogP contribution in [0.2, 0.25) is 0 Å². The summed E-state index contributed by atoms with van der Waals surface area (Å²) >= 11 is 0. The highest BCUT2D eigenvalue weighted by Crippen LogP contribution is 2.09. The van der Waals surface area contributed by atoms with Crippen LogP contribution in [-0.4, -0.2) is 19.6 Å². The van der Waals surface area contributed by atoms with Crippen LogP contribution in [0.5, 0.6) is 0 Å². The van der Waals surface area contributed by atoms with Crippen LogP contribution in [0.4, 0.5) is 0 Å². The third-order valence-electron chi connectivity index (χ3n) is 2.19. The van der Waals surface area contributed by atoms with Gasteiger partial charge in [0.2, 0.25) is 0 Å². The van der Waals surface area contributed by atoms with Crippen molar-refractivity contribution < 1.29 is 0 Å². The molecular weight excluding hydrogens is 136 g/mol. The standard InChI is InChI=1S/C9H22N2/c1-4-8(2)5-6-9(10)7-11-3/h8-9,11H,4-7,10H2,1-3H3. The highest BCUT2D eigenvalue weighted by Gasteiger charge is 2.03. The minimum Gasteiger partial charge on any atom is -0.327 e. The van der Waals surface area contributed by atoms with Gasteiger partial charge in [-0.2, -0.15) is 0 Å². The predicted octanol–water partition coefficient (Wildman–Crippen LogP) is 1.36. The first kappa shape index (κ1) is 10.9. The zero-order valence-corrected chi connectivity index (χ0v) is 8.06. The Kier molecular flexibility index (Phi) is 6.57. The quantitative estimate of drug-likeness (QED) is 0.612. The fraction of sp³-hybridized carbons (Fsp3) is 1.00. The Morgan fingerprint density at radius 2 is 2.00 bits per heavy atom. The van der Waals surface area contributed by atoms with Crippen LogP contribution >= 0.6 is 0 Å². The average Bonchev–Trinajstić information content (AvgIpc) is 2.01. The fourth-order valence-corrected chi connectivity index (χ4v) is 1.07. The maximum Gasteiger partial charge on any atom is 0.0165 e. The third kappa shape index (κ3) is 6.32. The van der Waals surface area contributed by atoms with Crippen molar-refractivity contribution in [1.82, 2.24) is 5.32 Å². The van der Waals surface area contributed by atoms with E-state index in [0.29, 0.717) is 6.04 Å². The second-order valence-corrected chi connectivity index (χ2v) is 3.41. The molecule has 0 aromatic rings. The molecule has 2 nitrogen and oxygen atoms in total. The summed E-state index contributed by atoms with van der Waals surface area (Å²) in [4.78, 5) is 0. The van der Waals surface area contributed by atoms with E-state index in [9.17, 15) is 0 Å². The molecule has 0 radical (unpaired) electrons. The summed E-state index contributed by atoms with van der Waals surface area (Å²) < 4.78 is 0. The highest BCUT2D eigenvalue weighted by atomic mass is 14.9. The van der Waals surface area contributed by atoms with Crippen molar-refractivity contribution in [1.29, 1.82) is 0 Å². The van der Waals surface area contributed by atoms with Gasteiger partial charge in [-0.25, -0.2) is 0 Å². The number of nitrogens with one attached hydrogen (secondary N) is 1. The van der Waals surface area contributed by atoms with E-state index in [1.807, 2.05) is 7.05 Å². The van der Waals surface area contributed by atoms with Gasteiger partial charge in [-0.3, -0.25) is 0 Å². The van der Waals surface area contributed by atoms with E-state index < -0.39 is 0 Å². The van der Waals surface area contributed by atoms with Crippen molar-refractivity contribution in [2.75, 3.05) is 13.6 Å². The molecular formula is C9H22N2. The lowest BCUT2D eigenvalue weighted by Gasteiger charge is -2.13. The Morgan fingerprint density at radius 1 is 1.36 bits per heavy atom. The van der Waals surface area contributed by atoms with Crippen molar-refractivity contribution in [3.8, 4) is 0 Å². The van der Waals surface area contributed by atoms with Crippen LogP contribution in [0.25, 0.3) is 0 Å². The molecule has 2 atom stereocenters. The molecule has 68 valence electrons. The van der Waals surface area contributed by atoms with Gasteiger partial charge < -0.3 is 11.1 Å². The topological polar surface area (TPSA) is 38.0 Å². The van der Waals surface area contributed by atoms with Crippen LogP contribution in [0, 0.1) is 5.92 Å². The number of hydrogen-bond acceptors (Lipinski definition) is 2. The van der Waals surface area contributed by atoms with Gasteiger partial charge in [-0.1, -0.05) is 20.3 Å². The molecule has 0 aliphatic carbocycles. The Labute approximate surface area is 70.5 Å². The lowest BCUT2D eigenvalue weighted by molar-refractivity contribution is 0.450. The molecule has 0 saturated heterocycles. The van der Waals surface area contributed by atoms with Gasteiger partial charge in [0.25, 0.3) is 0 Å². The first-order valence-corrected chi connectivity index (χ1v) is 4.60. The largest absolute Gasteiger partial charge is 0.327 e. The van der Waals surface area contributed by atoms with E-state index in [1.165, 1.54) is 12.8 Å². The lowest BCUT2D eigenvalue weighted by Crippen LogP contribution is -2.32. The molecule has 0 spiro atoms. The van der Waals surface area contributed by atoms with Crippen molar-refractivity contribution in [2.45, 2.75) is 39.2 Å². The molecule has 0 fully saturated rings. The zero-order chi connectivity index (χ0) is 8.69. The Morgan fingerprint density at radius 3 is 2.45 bits per heavy atom. The molecule has 0 aromatic carbocycles. The van der Waals surface area contributed by atoms with Gasteiger partial charge in [0.1, 0.15) is 0 Å². The summed E-state index contributed by atoms with van der Waals surface area (Å²) in [7, 11) is 1.95. The van der Waals surface area contributed by atoms with Crippen LogP contribution in [-0.2, 0) is 0 Å². The molecule has 0 amide bonds. The maximum atomic E-state index is 5.82. The smallest absolute Gasteiger partial charge is 0.0165 e. The molecule has 0 aliphatic heterocycles. The Balaban J connectivity index is 3.22. The number of likely N-dealkylation sites (N-methyl/N-ethyl adjacent to an activating group) is 1. The van der Waals surface area contributed by atoms with Gasteiger partial charge in [0.05, 0.1) is 0 Å². The molecule has 3 N–H and O–H groups in total. The average molecular weight is 158 g/mol. The summed E-state index contributed by atoms with van der Waals surface area (Å²) in [6, 6.07) is 0.342.